The molecule has 0 aliphatic rings. The summed E-state index contributed by atoms with van der Waals surface area (Å²) in [5, 5.41) is 7.07. The van der Waals surface area contributed by atoms with Gasteiger partial charge in [-0.15, -0.1) is 0 Å². The van der Waals surface area contributed by atoms with Gasteiger partial charge in [-0.2, -0.15) is 5.10 Å². The Morgan fingerprint density at radius 2 is 2.17 bits per heavy atom. The second kappa shape index (κ2) is 4.82. The van der Waals surface area contributed by atoms with Crippen molar-refractivity contribution in [3.05, 3.63) is 30.4 Å². The summed E-state index contributed by atoms with van der Waals surface area (Å²) in [5.74, 6) is 1.05. The predicted octanol–water partition coefficient (Wildman–Crippen LogP) is 0.406. The first kappa shape index (κ1) is 12.0. The maximum Gasteiger partial charge on any atom is 0.273 e. The summed E-state index contributed by atoms with van der Waals surface area (Å²) >= 11 is 0. The van der Waals surface area contributed by atoms with E-state index in [0.29, 0.717) is 17.3 Å². The first-order valence-corrected chi connectivity index (χ1v) is 5.39. The molecule has 0 spiro atoms. The lowest BCUT2D eigenvalue weighted by Gasteiger charge is -2.07. The van der Waals surface area contributed by atoms with Gasteiger partial charge in [0.15, 0.2) is 11.5 Å². The van der Waals surface area contributed by atoms with E-state index in [0.717, 1.165) is 0 Å². The fourth-order valence-corrected chi connectivity index (χ4v) is 1.38. The Bertz CT molecular complexity index is 562. The molecule has 0 saturated heterocycles. The molecule has 18 heavy (non-hydrogen) atoms. The smallest absolute Gasteiger partial charge is 0.273 e. The van der Waals surface area contributed by atoms with Gasteiger partial charge in [-0.05, 0) is 6.07 Å². The second-order valence-corrected chi connectivity index (χ2v) is 3.86. The highest BCUT2D eigenvalue weighted by atomic mass is 16.2. The fraction of sp³-hybridized carbons (Fsp3) is 0.273. The van der Waals surface area contributed by atoms with Crippen molar-refractivity contribution in [2.45, 2.75) is 0 Å². The van der Waals surface area contributed by atoms with Crippen molar-refractivity contribution in [3.63, 3.8) is 0 Å². The molecule has 2 rings (SSSR count). The van der Waals surface area contributed by atoms with Crippen LogP contribution in [0, 0.1) is 0 Å². The zero-order valence-corrected chi connectivity index (χ0v) is 10.5. The van der Waals surface area contributed by atoms with Gasteiger partial charge in [-0.1, -0.05) is 0 Å². The molecule has 1 amide bonds. The monoisotopic (exact) mass is 246 g/mol. The number of amides is 1. The van der Waals surface area contributed by atoms with Crippen molar-refractivity contribution in [3.8, 4) is 5.82 Å². The first-order valence-electron chi connectivity index (χ1n) is 5.39. The SMILES string of the molecule is CNc1cncc(-n2ccc(C(=O)N(C)C)n2)n1. The molecular formula is C11H14N6O. The Hall–Kier alpha value is -2.44. The van der Waals surface area contributed by atoms with E-state index in [2.05, 4.69) is 20.4 Å². The van der Waals surface area contributed by atoms with Gasteiger partial charge in [0.2, 0.25) is 0 Å². The lowest BCUT2D eigenvalue weighted by atomic mass is 10.4. The minimum Gasteiger partial charge on any atom is -0.372 e. The Morgan fingerprint density at radius 1 is 1.39 bits per heavy atom. The summed E-state index contributed by atoms with van der Waals surface area (Å²) in [6.45, 7) is 0. The standard InChI is InChI=1S/C11H14N6O/c1-12-9-6-13-7-10(14-9)17-5-4-8(15-17)11(18)16(2)3/h4-7H,1-3H3,(H,12,14). The van der Waals surface area contributed by atoms with Crippen LogP contribution in [0.25, 0.3) is 5.82 Å². The third kappa shape index (κ3) is 2.29. The zero-order chi connectivity index (χ0) is 13.1. The fourth-order valence-electron chi connectivity index (χ4n) is 1.38. The molecular weight excluding hydrogens is 232 g/mol. The largest absolute Gasteiger partial charge is 0.372 e. The molecule has 0 saturated carbocycles. The summed E-state index contributed by atoms with van der Waals surface area (Å²) in [5.41, 5.74) is 0.372. The summed E-state index contributed by atoms with van der Waals surface area (Å²) in [6, 6.07) is 1.65. The number of hydrogen-bond donors (Lipinski definition) is 1. The molecule has 7 nitrogen and oxygen atoms in total. The third-order valence-corrected chi connectivity index (χ3v) is 2.33. The van der Waals surface area contributed by atoms with Crippen LogP contribution in [0.5, 0.6) is 0 Å². The number of anilines is 1. The topological polar surface area (TPSA) is 75.9 Å². The van der Waals surface area contributed by atoms with Crippen LogP contribution in [-0.2, 0) is 0 Å². The summed E-state index contributed by atoms with van der Waals surface area (Å²) < 4.78 is 1.52. The highest BCUT2D eigenvalue weighted by Crippen LogP contribution is 2.07. The van der Waals surface area contributed by atoms with Crippen LogP contribution in [0.1, 0.15) is 10.5 Å². The minimum absolute atomic E-state index is 0.147. The highest BCUT2D eigenvalue weighted by molar-refractivity contribution is 5.91. The second-order valence-electron chi connectivity index (χ2n) is 3.86. The van der Waals surface area contributed by atoms with Crippen molar-refractivity contribution >= 4 is 11.7 Å². The third-order valence-electron chi connectivity index (χ3n) is 2.33. The molecule has 94 valence electrons. The van der Waals surface area contributed by atoms with Crippen LogP contribution in [0.4, 0.5) is 5.82 Å². The van der Waals surface area contributed by atoms with Gasteiger partial charge in [-0.25, -0.2) is 9.67 Å². The number of hydrogen-bond acceptors (Lipinski definition) is 5. The molecule has 1 N–H and O–H groups in total. The Morgan fingerprint density at radius 3 is 2.83 bits per heavy atom. The predicted molar refractivity (Wildman–Crippen MR) is 66.7 cm³/mol. The quantitative estimate of drug-likeness (QED) is 0.848. The first-order chi connectivity index (χ1) is 8.61. The Balaban J connectivity index is 2.32. The minimum atomic E-state index is -0.147. The molecule has 2 aromatic heterocycles. The van der Waals surface area contributed by atoms with E-state index in [9.17, 15) is 4.79 Å². The van der Waals surface area contributed by atoms with Crippen molar-refractivity contribution < 1.29 is 4.79 Å². The molecule has 0 atom stereocenters. The lowest BCUT2D eigenvalue weighted by Crippen LogP contribution is -2.22. The van der Waals surface area contributed by atoms with Gasteiger partial charge in [0.05, 0.1) is 12.4 Å². The average molecular weight is 246 g/mol. The van der Waals surface area contributed by atoms with Crippen molar-refractivity contribution in [2.75, 3.05) is 26.5 Å². The molecule has 0 radical (unpaired) electrons. The lowest BCUT2D eigenvalue weighted by molar-refractivity contribution is 0.0821. The maximum atomic E-state index is 11.7. The normalized spacial score (nSPS) is 10.2. The van der Waals surface area contributed by atoms with Crippen molar-refractivity contribution in [1.29, 1.82) is 0 Å². The van der Waals surface area contributed by atoms with E-state index in [1.165, 1.54) is 9.58 Å². The Kier molecular flexibility index (Phi) is 3.22. The molecule has 7 heteroatoms. The van der Waals surface area contributed by atoms with Crippen LogP contribution in [0.3, 0.4) is 0 Å². The average Bonchev–Trinajstić information content (AvgIpc) is 2.87. The maximum absolute atomic E-state index is 11.7. The van der Waals surface area contributed by atoms with Crippen LogP contribution >= 0.6 is 0 Å². The number of rotatable bonds is 3. The van der Waals surface area contributed by atoms with E-state index in [1.54, 1.807) is 45.8 Å². The van der Waals surface area contributed by atoms with E-state index in [4.69, 9.17) is 0 Å². The van der Waals surface area contributed by atoms with E-state index in [1.807, 2.05) is 0 Å². The highest BCUT2D eigenvalue weighted by Gasteiger charge is 2.12. The van der Waals surface area contributed by atoms with Gasteiger partial charge in [0.25, 0.3) is 5.91 Å². The van der Waals surface area contributed by atoms with E-state index >= 15 is 0 Å². The molecule has 0 fully saturated rings. The van der Waals surface area contributed by atoms with Gasteiger partial charge < -0.3 is 10.2 Å². The number of nitrogens with one attached hydrogen (secondary N) is 1. The van der Waals surface area contributed by atoms with Gasteiger partial charge in [0, 0.05) is 27.3 Å². The van der Waals surface area contributed by atoms with E-state index in [-0.39, 0.29) is 5.91 Å². The van der Waals surface area contributed by atoms with Crippen molar-refractivity contribution in [2.24, 2.45) is 0 Å². The molecule has 2 heterocycles. The Labute approximate surface area is 104 Å². The summed E-state index contributed by atoms with van der Waals surface area (Å²) in [4.78, 5) is 21.5. The number of aromatic nitrogens is 4. The molecule has 0 aliphatic carbocycles. The molecule has 0 aliphatic heterocycles. The van der Waals surface area contributed by atoms with E-state index < -0.39 is 0 Å². The van der Waals surface area contributed by atoms with Gasteiger partial charge in [-0.3, -0.25) is 9.78 Å². The number of carbonyl (C=O) groups is 1. The van der Waals surface area contributed by atoms with Gasteiger partial charge in [0.1, 0.15) is 5.82 Å². The molecule has 0 aromatic carbocycles. The van der Waals surface area contributed by atoms with Crippen LogP contribution in [0.2, 0.25) is 0 Å². The van der Waals surface area contributed by atoms with Crippen LogP contribution in [0.15, 0.2) is 24.7 Å². The summed E-state index contributed by atoms with van der Waals surface area (Å²) in [6.07, 6.45) is 4.87. The molecule has 0 unspecified atom stereocenters. The van der Waals surface area contributed by atoms with Crippen molar-refractivity contribution in [1.82, 2.24) is 24.6 Å². The van der Waals surface area contributed by atoms with Gasteiger partial charge >= 0.3 is 0 Å². The molecule has 2 aromatic rings. The number of nitrogens with zero attached hydrogens (tertiary/aromatic N) is 5. The summed E-state index contributed by atoms with van der Waals surface area (Å²) in [7, 11) is 5.13. The van der Waals surface area contributed by atoms with Crippen LogP contribution in [-0.4, -0.2) is 51.7 Å². The zero-order valence-electron chi connectivity index (χ0n) is 10.5. The number of carbonyl (C=O) groups excluding carboxylic acids is 1. The molecule has 0 bridgehead atoms. The van der Waals surface area contributed by atoms with Crippen LogP contribution < -0.4 is 5.32 Å².